The van der Waals surface area contributed by atoms with E-state index >= 15 is 0 Å². The molecule has 3 heterocycles. The van der Waals surface area contributed by atoms with Gasteiger partial charge in [0.15, 0.2) is 0 Å². The van der Waals surface area contributed by atoms with Crippen LogP contribution in [0.1, 0.15) is 76.4 Å². The zero-order valence-electron chi connectivity index (χ0n) is 21.5. The van der Waals surface area contributed by atoms with Gasteiger partial charge in [0.1, 0.15) is 11.4 Å². The zero-order chi connectivity index (χ0) is 25.3. The van der Waals surface area contributed by atoms with E-state index in [9.17, 15) is 9.90 Å². The van der Waals surface area contributed by atoms with Crippen molar-refractivity contribution < 1.29 is 9.90 Å². The highest BCUT2D eigenvalue weighted by molar-refractivity contribution is 6.11. The minimum Gasteiger partial charge on any atom is -0.393 e. The van der Waals surface area contributed by atoms with Crippen LogP contribution < -0.4 is 10.6 Å². The fourth-order valence-electron chi connectivity index (χ4n) is 5.40. The van der Waals surface area contributed by atoms with Gasteiger partial charge >= 0.3 is 0 Å². The number of carbonyl (C=O) groups excluding carboxylic acids is 1. The number of aromatic nitrogens is 3. The van der Waals surface area contributed by atoms with E-state index in [-0.39, 0.29) is 24.1 Å². The van der Waals surface area contributed by atoms with E-state index < -0.39 is 5.54 Å². The number of hydrogen-bond acceptors (Lipinski definition) is 7. The van der Waals surface area contributed by atoms with Crippen LogP contribution in [0.15, 0.2) is 18.5 Å². The summed E-state index contributed by atoms with van der Waals surface area (Å²) in [5, 5.41) is 29.5. The molecule has 2 fully saturated rings. The highest BCUT2D eigenvalue weighted by Crippen LogP contribution is 2.36. The Labute approximate surface area is 207 Å². The molecule has 1 saturated heterocycles. The number of fused-ring (bicyclic) bond motifs is 1. The summed E-state index contributed by atoms with van der Waals surface area (Å²) < 4.78 is 1.94. The van der Waals surface area contributed by atoms with Crippen molar-refractivity contribution in [2.24, 2.45) is 0 Å². The third-order valence-corrected chi connectivity index (χ3v) is 7.21. The summed E-state index contributed by atoms with van der Waals surface area (Å²) in [4.78, 5) is 19.7. The normalized spacial score (nSPS) is 26.1. The number of aliphatic hydroxyl groups is 1. The number of nitrogens with zero attached hydrogens (tertiary/aromatic N) is 4. The molecule has 2 aromatic rings. The van der Waals surface area contributed by atoms with Gasteiger partial charge in [-0.15, -0.1) is 0 Å². The zero-order valence-corrected chi connectivity index (χ0v) is 21.5. The number of aryl methyl sites for hydroxylation is 1. The van der Waals surface area contributed by atoms with E-state index in [1.54, 1.807) is 12.4 Å². The van der Waals surface area contributed by atoms with Gasteiger partial charge in [0.2, 0.25) is 5.91 Å². The molecule has 4 rings (SSSR count). The molecule has 1 amide bonds. The second-order valence-corrected chi connectivity index (χ2v) is 10.8. The molecular weight excluding hydrogens is 442 g/mol. The molecule has 1 aliphatic heterocycles. The fourth-order valence-corrected chi connectivity index (χ4v) is 5.40. The molecule has 2 aliphatic rings. The summed E-state index contributed by atoms with van der Waals surface area (Å²) >= 11 is 0. The Bertz CT molecular complexity index is 1100. The molecule has 0 unspecified atom stereocenters. The second-order valence-electron chi connectivity index (χ2n) is 10.8. The lowest BCUT2D eigenvalue weighted by Gasteiger charge is -2.40. The highest BCUT2D eigenvalue weighted by Gasteiger charge is 2.35. The van der Waals surface area contributed by atoms with Gasteiger partial charge in [-0.25, -0.2) is 9.50 Å². The maximum absolute atomic E-state index is 13.3. The topological polar surface area (TPSA) is 119 Å². The van der Waals surface area contributed by atoms with Crippen LogP contribution >= 0.6 is 0 Å². The van der Waals surface area contributed by atoms with E-state index in [1.165, 1.54) is 6.21 Å². The second kappa shape index (κ2) is 10.1. The maximum atomic E-state index is 13.3. The van der Waals surface area contributed by atoms with Crippen LogP contribution in [0.3, 0.4) is 0 Å². The summed E-state index contributed by atoms with van der Waals surface area (Å²) in [7, 11) is 0. The molecule has 0 spiro atoms. The van der Waals surface area contributed by atoms with E-state index in [0.717, 1.165) is 42.5 Å². The van der Waals surface area contributed by atoms with Crippen molar-refractivity contribution in [2.75, 3.05) is 13.1 Å². The van der Waals surface area contributed by atoms with Crippen molar-refractivity contribution in [3.63, 3.8) is 0 Å². The van der Waals surface area contributed by atoms with Gasteiger partial charge in [-0.2, -0.15) is 5.10 Å². The van der Waals surface area contributed by atoms with Gasteiger partial charge in [-0.3, -0.25) is 4.79 Å². The molecule has 0 radical (unpaired) electrons. The summed E-state index contributed by atoms with van der Waals surface area (Å²) in [6.07, 6.45) is 8.03. The van der Waals surface area contributed by atoms with Crippen LogP contribution in [-0.2, 0) is 4.79 Å². The number of amides is 1. The van der Waals surface area contributed by atoms with Gasteiger partial charge in [0, 0.05) is 60.3 Å². The molecule has 1 saturated carbocycles. The Morgan fingerprint density at radius 2 is 1.89 bits per heavy atom. The molecule has 2 aromatic heterocycles. The van der Waals surface area contributed by atoms with Crippen molar-refractivity contribution in [3.05, 3.63) is 35.5 Å². The van der Waals surface area contributed by atoms with Crippen LogP contribution in [0, 0.1) is 12.3 Å². The number of allylic oxidation sites excluding steroid dienone is 1. The number of nitrogens with one attached hydrogen (secondary N) is 3. The van der Waals surface area contributed by atoms with Crippen LogP contribution in [0.25, 0.3) is 11.1 Å². The first-order chi connectivity index (χ1) is 16.6. The number of aliphatic hydroxyl groups excluding tert-OH is 1. The highest BCUT2D eigenvalue weighted by atomic mass is 16.3. The predicted molar refractivity (Wildman–Crippen MR) is 138 cm³/mol. The molecule has 190 valence electrons. The summed E-state index contributed by atoms with van der Waals surface area (Å²) in [6.45, 7) is 11.2. The Hall–Kier alpha value is -2.78. The fraction of sp³-hybridized carbons (Fsp3) is 0.615. The monoisotopic (exact) mass is 481 g/mol. The van der Waals surface area contributed by atoms with Crippen LogP contribution in [0.5, 0.6) is 0 Å². The Kier molecular flexibility index (Phi) is 7.28. The molecular formula is C26H39N7O2. The lowest BCUT2D eigenvalue weighted by Crippen LogP contribution is -2.61. The Morgan fingerprint density at radius 1 is 1.23 bits per heavy atom. The van der Waals surface area contributed by atoms with Gasteiger partial charge < -0.3 is 26.0 Å². The molecule has 35 heavy (non-hydrogen) atoms. The summed E-state index contributed by atoms with van der Waals surface area (Å²) in [5.41, 5.74) is 2.62. The van der Waals surface area contributed by atoms with E-state index in [2.05, 4.69) is 40.6 Å². The van der Waals surface area contributed by atoms with Crippen LogP contribution in [0.4, 0.5) is 0 Å². The van der Waals surface area contributed by atoms with Crippen molar-refractivity contribution >= 4 is 23.2 Å². The van der Waals surface area contributed by atoms with Crippen molar-refractivity contribution in [2.45, 2.75) is 89.9 Å². The maximum Gasteiger partial charge on any atom is 0.247 e. The van der Waals surface area contributed by atoms with Gasteiger partial charge in [-0.1, -0.05) is 0 Å². The average molecular weight is 482 g/mol. The Morgan fingerprint density at radius 3 is 2.51 bits per heavy atom. The van der Waals surface area contributed by atoms with Crippen LogP contribution in [0.2, 0.25) is 0 Å². The smallest absolute Gasteiger partial charge is 0.247 e. The molecule has 0 bridgehead atoms. The molecule has 1 aliphatic carbocycles. The van der Waals surface area contributed by atoms with Gasteiger partial charge in [-0.05, 0) is 66.4 Å². The van der Waals surface area contributed by atoms with Crippen molar-refractivity contribution in [1.82, 2.24) is 30.1 Å². The molecule has 9 nitrogen and oxygen atoms in total. The first-order valence-corrected chi connectivity index (χ1v) is 12.7. The van der Waals surface area contributed by atoms with Crippen LogP contribution in [-0.4, -0.2) is 73.5 Å². The molecule has 0 aromatic carbocycles. The van der Waals surface area contributed by atoms with E-state index in [4.69, 9.17) is 5.41 Å². The van der Waals surface area contributed by atoms with Gasteiger partial charge in [0.05, 0.1) is 17.8 Å². The number of carbonyl (C=O) groups is 1. The average Bonchev–Trinajstić information content (AvgIpc) is 3.17. The minimum absolute atomic E-state index is 0.0421. The minimum atomic E-state index is -0.823. The lowest BCUT2D eigenvalue weighted by atomic mass is 9.85. The van der Waals surface area contributed by atoms with Crippen molar-refractivity contribution in [1.29, 1.82) is 5.41 Å². The largest absolute Gasteiger partial charge is 0.393 e. The predicted octanol–water partition coefficient (Wildman–Crippen LogP) is 2.62. The number of hydrogen-bond donors (Lipinski definition) is 4. The van der Waals surface area contributed by atoms with Crippen molar-refractivity contribution in [3.8, 4) is 0 Å². The summed E-state index contributed by atoms with van der Waals surface area (Å²) in [6, 6.07) is 2.60. The molecule has 4 N–H and O–H groups in total. The quantitative estimate of drug-likeness (QED) is 0.471. The number of rotatable bonds is 6. The first kappa shape index (κ1) is 25.3. The third-order valence-electron chi connectivity index (χ3n) is 7.21. The molecule has 9 heteroatoms. The number of piperazine rings is 1. The lowest BCUT2D eigenvalue weighted by molar-refractivity contribution is -0.138. The Balaban J connectivity index is 1.62. The standard InChI is InChI=1S/C26H39N7O2/c1-16-14-32(15-17(2)30-16)25(35)26(4,5)29-12-20(11-27)22-10-23(19-6-8-21(34)9-7-19)33-24(22)13-28-18(3)31-33/h10-13,16-17,19,21,27,29-30,34H,6-9,14-15H2,1-5H3/b20-12+,27-11?/t16-,17+,19?,21?. The SMILES string of the molecule is Cc1ncc2c(/C(C=N)=C/NC(C)(C)C(=O)N3C[C@@H](C)N[C@@H](C)C3)cc(C3CCC(O)CC3)n2n1. The van der Waals surface area contributed by atoms with E-state index in [1.807, 2.05) is 30.2 Å². The summed E-state index contributed by atoms with van der Waals surface area (Å²) in [5.74, 6) is 1.02. The third kappa shape index (κ3) is 5.41. The van der Waals surface area contributed by atoms with Gasteiger partial charge in [0.25, 0.3) is 0 Å². The van der Waals surface area contributed by atoms with E-state index in [0.29, 0.717) is 30.4 Å². The molecule has 2 atom stereocenters. The first-order valence-electron chi connectivity index (χ1n) is 12.7.